The zero-order valence-corrected chi connectivity index (χ0v) is 15.4. The second-order valence-corrected chi connectivity index (χ2v) is 6.48. The van der Waals surface area contributed by atoms with E-state index >= 15 is 0 Å². The van der Waals surface area contributed by atoms with Crippen LogP contribution in [0.2, 0.25) is 0 Å². The summed E-state index contributed by atoms with van der Waals surface area (Å²) in [6.07, 6.45) is 0. The van der Waals surface area contributed by atoms with Gasteiger partial charge in [-0.2, -0.15) is 0 Å². The smallest absolute Gasteiger partial charge is 0.318 e. The summed E-state index contributed by atoms with van der Waals surface area (Å²) in [7, 11) is 0. The molecular weight excluding hydrogens is 350 g/mol. The van der Waals surface area contributed by atoms with Crippen molar-refractivity contribution in [2.45, 2.75) is 12.0 Å². The molecule has 0 aliphatic rings. The molecule has 3 aromatic rings. The van der Waals surface area contributed by atoms with Gasteiger partial charge >= 0.3 is 6.03 Å². The van der Waals surface area contributed by atoms with Crippen molar-refractivity contribution in [1.29, 1.82) is 0 Å². The van der Waals surface area contributed by atoms with Gasteiger partial charge in [0.25, 0.3) is 0 Å². The van der Waals surface area contributed by atoms with Crippen molar-refractivity contribution < 1.29 is 9.59 Å². The molecule has 4 N–H and O–H groups in total. The quantitative estimate of drug-likeness (QED) is 0.594. The number of primary amides is 1. The van der Waals surface area contributed by atoms with Crippen LogP contribution in [0.4, 0.5) is 4.79 Å². The zero-order valence-electron chi connectivity index (χ0n) is 15.4. The number of amides is 3. The first-order valence-corrected chi connectivity index (χ1v) is 9.13. The van der Waals surface area contributed by atoms with E-state index in [2.05, 4.69) is 34.9 Å². The van der Waals surface area contributed by atoms with Gasteiger partial charge in [-0.25, -0.2) is 4.79 Å². The first-order chi connectivity index (χ1) is 13.6. The first-order valence-electron chi connectivity index (χ1n) is 9.13. The van der Waals surface area contributed by atoms with Gasteiger partial charge in [-0.3, -0.25) is 10.1 Å². The van der Waals surface area contributed by atoms with E-state index in [0.717, 1.165) is 16.7 Å². The third-order valence-corrected chi connectivity index (χ3v) is 4.57. The fraction of sp³-hybridized carbons (Fsp3) is 0.130. The highest BCUT2D eigenvalue weighted by Crippen LogP contribution is 2.25. The molecule has 3 amide bonds. The lowest BCUT2D eigenvalue weighted by atomic mass is 9.90. The van der Waals surface area contributed by atoms with E-state index in [-0.39, 0.29) is 5.92 Å². The number of imide groups is 1. The fourth-order valence-corrected chi connectivity index (χ4v) is 3.24. The number of carbonyl (C=O) groups is 2. The summed E-state index contributed by atoms with van der Waals surface area (Å²) in [6.45, 7) is 0.514. The summed E-state index contributed by atoms with van der Waals surface area (Å²) in [5.74, 6) is -0.423. The van der Waals surface area contributed by atoms with Gasteiger partial charge in [-0.05, 0) is 16.7 Å². The van der Waals surface area contributed by atoms with E-state index in [4.69, 9.17) is 5.73 Å². The molecular formula is C23H23N3O2. The van der Waals surface area contributed by atoms with Crippen LogP contribution in [0.3, 0.4) is 0 Å². The Labute approximate surface area is 164 Å². The molecule has 5 nitrogen and oxygen atoms in total. The van der Waals surface area contributed by atoms with Crippen LogP contribution in [0.15, 0.2) is 91.0 Å². The number of carbonyl (C=O) groups excluding carboxylic acids is 2. The van der Waals surface area contributed by atoms with Crippen molar-refractivity contribution in [3.8, 4) is 0 Å². The van der Waals surface area contributed by atoms with Crippen molar-refractivity contribution >= 4 is 11.9 Å². The van der Waals surface area contributed by atoms with Crippen LogP contribution in [0.1, 0.15) is 28.7 Å². The molecule has 0 unspecified atom stereocenters. The van der Waals surface area contributed by atoms with E-state index in [1.165, 1.54) is 0 Å². The molecule has 142 valence electrons. The minimum Gasteiger partial charge on any atom is -0.351 e. The monoisotopic (exact) mass is 373 g/mol. The highest BCUT2D eigenvalue weighted by Gasteiger charge is 2.23. The van der Waals surface area contributed by atoms with E-state index < -0.39 is 18.0 Å². The Kier molecular flexibility index (Phi) is 6.54. The Morgan fingerprint density at radius 2 is 1.14 bits per heavy atom. The highest BCUT2D eigenvalue weighted by atomic mass is 16.2. The van der Waals surface area contributed by atoms with Gasteiger partial charge in [0.15, 0.2) is 0 Å². The number of rotatable bonds is 7. The van der Waals surface area contributed by atoms with Crippen LogP contribution in [0.25, 0.3) is 0 Å². The predicted octanol–water partition coefficient (Wildman–Crippen LogP) is 3.34. The van der Waals surface area contributed by atoms with Gasteiger partial charge in [-0.15, -0.1) is 0 Å². The van der Waals surface area contributed by atoms with Crippen molar-refractivity contribution in [3.63, 3.8) is 0 Å². The Balaban J connectivity index is 1.86. The summed E-state index contributed by atoms with van der Waals surface area (Å²) >= 11 is 0. The van der Waals surface area contributed by atoms with Gasteiger partial charge in [0.05, 0.1) is 0 Å². The van der Waals surface area contributed by atoms with Crippen LogP contribution >= 0.6 is 0 Å². The molecule has 5 heteroatoms. The molecule has 0 aliphatic heterocycles. The van der Waals surface area contributed by atoms with Crippen LogP contribution in [0, 0.1) is 0 Å². The molecule has 0 aromatic heterocycles. The summed E-state index contributed by atoms with van der Waals surface area (Å²) in [5, 5.41) is 5.50. The number of hydrogen-bond acceptors (Lipinski definition) is 3. The number of benzene rings is 3. The average molecular weight is 373 g/mol. The van der Waals surface area contributed by atoms with Gasteiger partial charge in [-0.1, -0.05) is 91.0 Å². The minimum atomic E-state index is -0.865. The Hall–Kier alpha value is -3.44. The Morgan fingerprint density at radius 1 is 0.714 bits per heavy atom. The van der Waals surface area contributed by atoms with Crippen LogP contribution in [-0.2, 0) is 4.79 Å². The SMILES string of the molecule is NC(=O)NC(=O)[C@@H](NCC(c1ccccc1)c1ccccc1)c1ccccc1. The van der Waals surface area contributed by atoms with Crippen LogP contribution < -0.4 is 16.4 Å². The first kappa shape index (κ1) is 19.3. The highest BCUT2D eigenvalue weighted by molar-refractivity contribution is 5.96. The van der Waals surface area contributed by atoms with E-state index in [9.17, 15) is 9.59 Å². The van der Waals surface area contributed by atoms with Gasteiger partial charge in [0, 0.05) is 12.5 Å². The van der Waals surface area contributed by atoms with Crippen LogP contribution in [-0.4, -0.2) is 18.5 Å². The molecule has 0 bridgehead atoms. The van der Waals surface area contributed by atoms with Crippen molar-refractivity contribution in [3.05, 3.63) is 108 Å². The summed E-state index contributed by atoms with van der Waals surface area (Å²) in [6, 6.07) is 28.0. The predicted molar refractivity (Wildman–Crippen MR) is 110 cm³/mol. The maximum Gasteiger partial charge on any atom is 0.318 e. The third kappa shape index (κ3) is 5.05. The number of urea groups is 1. The lowest BCUT2D eigenvalue weighted by Crippen LogP contribution is -2.43. The molecule has 0 heterocycles. The maximum atomic E-state index is 12.6. The molecule has 0 spiro atoms. The standard InChI is InChI=1S/C23H23N3O2/c24-23(28)26-22(27)21(19-14-8-3-9-15-19)25-16-20(17-10-4-1-5-11-17)18-12-6-2-7-13-18/h1-15,20-21,25H,16H2,(H3,24,26,27,28)/t21-/m0/s1. The molecule has 0 aliphatic carbocycles. The molecule has 0 saturated carbocycles. The average Bonchev–Trinajstić information content (AvgIpc) is 2.72. The van der Waals surface area contributed by atoms with Gasteiger partial charge in [0.1, 0.15) is 6.04 Å². The lowest BCUT2D eigenvalue weighted by molar-refractivity contribution is -0.122. The second-order valence-electron chi connectivity index (χ2n) is 6.48. The van der Waals surface area contributed by atoms with Crippen molar-refractivity contribution in [2.75, 3.05) is 6.54 Å². The summed E-state index contributed by atoms with van der Waals surface area (Å²) < 4.78 is 0. The largest absolute Gasteiger partial charge is 0.351 e. The number of nitrogens with one attached hydrogen (secondary N) is 2. The van der Waals surface area contributed by atoms with E-state index in [1.54, 1.807) is 0 Å². The molecule has 28 heavy (non-hydrogen) atoms. The Morgan fingerprint density at radius 3 is 1.57 bits per heavy atom. The van der Waals surface area contributed by atoms with Gasteiger partial charge < -0.3 is 11.1 Å². The molecule has 0 fully saturated rings. The fourth-order valence-electron chi connectivity index (χ4n) is 3.24. The maximum absolute atomic E-state index is 12.6. The van der Waals surface area contributed by atoms with E-state index in [1.807, 2.05) is 66.7 Å². The third-order valence-electron chi connectivity index (χ3n) is 4.57. The molecule has 3 rings (SSSR count). The Bertz CT molecular complexity index is 859. The molecule has 1 atom stereocenters. The van der Waals surface area contributed by atoms with Crippen LogP contribution in [0.5, 0.6) is 0 Å². The number of nitrogens with two attached hydrogens (primary N) is 1. The molecule has 0 radical (unpaired) electrons. The van der Waals surface area contributed by atoms with E-state index in [0.29, 0.717) is 6.54 Å². The zero-order chi connectivity index (χ0) is 19.8. The van der Waals surface area contributed by atoms with Crippen molar-refractivity contribution in [1.82, 2.24) is 10.6 Å². The van der Waals surface area contributed by atoms with Gasteiger partial charge in [0.2, 0.25) is 5.91 Å². The summed E-state index contributed by atoms with van der Waals surface area (Å²) in [4.78, 5) is 23.8. The van der Waals surface area contributed by atoms with Crippen molar-refractivity contribution in [2.24, 2.45) is 5.73 Å². The lowest BCUT2D eigenvalue weighted by Gasteiger charge is -2.23. The summed E-state index contributed by atoms with van der Waals surface area (Å²) in [5.41, 5.74) is 8.20. The number of hydrogen-bond donors (Lipinski definition) is 3. The minimum absolute atomic E-state index is 0.0509. The topological polar surface area (TPSA) is 84.2 Å². The molecule has 0 saturated heterocycles. The normalized spacial score (nSPS) is 11.8. The second kappa shape index (κ2) is 9.48. The molecule has 3 aromatic carbocycles.